The smallest absolute Gasteiger partial charge is 0.410 e. The minimum Gasteiger partial charge on any atom is -0.444 e. The molecule has 1 saturated carbocycles. The zero-order chi connectivity index (χ0) is 21.7. The zero-order valence-corrected chi connectivity index (χ0v) is 19.0. The van der Waals surface area contributed by atoms with Crippen LogP contribution in [0.15, 0.2) is 24.5 Å². The van der Waals surface area contributed by atoms with E-state index < -0.39 is 5.60 Å². The number of hydrogen-bond acceptors (Lipinski definition) is 4. The van der Waals surface area contributed by atoms with Crippen LogP contribution in [0, 0.1) is 11.8 Å². The summed E-state index contributed by atoms with van der Waals surface area (Å²) in [7, 11) is 1.80. The molecule has 0 atom stereocenters. The molecule has 2 fully saturated rings. The summed E-state index contributed by atoms with van der Waals surface area (Å²) in [5.41, 5.74) is 0.868. The number of pyridine rings is 1. The van der Waals surface area contributed by atoms with Crippen molar-refractivity contribution in [1.82, 2.24) is 14.8 Å². The van der Waals surface area contributed by atoms with Crippen LogP contribution in [0.1, 0.15) is 70.8 Å². The van der Waals surface area contributed by atoms with Crippen LogP contribution in [0.3, 0.4) is 0 Å². The van der Waals surface area contributed by atoms with Gasteiger partial charge in [0.15, 0.2) is 0 Å². The van der Waals surface area contributed by atoms with Crippen LogP contribution in [-0.2, 0) is 9.53 Å². The van der Waals surface area contributed by atoms with E-state index in [-0.39, 0.29) is 12.0 Å². The second-order valence-corrected chi connectivity index (χ2v) is 9.96. The summed E-state index contributed by atoms with van der Waals surface area (Å²) < 4.78 is 5.44. The number of likely N-dealkylation sites (tertiary alicyclic amines) is 1. The van der Waals surface area contributed by atoms with Gasteiger partial charge in [-0.3, -0.25) is 9.78 Å². The molecule has 3 rings (SSSR count). The Morgan fingerprint density at radius 1 is 1.07 bits per heavy atom. The third-order valence-electron chi connectivity index (χ3n) is 6.42. The first-order valence-electron chi connectivity index (χ1n) is 11.4. The molecule has 0 unspecified atom stereocenters. The SMILES string of the molecule is CN(C[C@H]1CC[C@H](C(=O)N2CCC(c3ccncc3)CC2)CC1)C(=O)OC(C)(C)C. The monoisotopic (exact) mass is 415 g/mol. The summed E-state index contributed by atoms with van der Waals surface area (Å²) in [6, 6.07) is 4.19. The fraction of sp³-hybridized carbons (Fsp3) is 0.708. The van der Waals surface area contributed by atoms with Gasteiger partial charge in [-0.25, -0.2) is 4.79 Å². The van der Waals surface area contributed by atoms with E-state index in [0.717, 1.165) is 51.6 Å². The largest absolute Gasteiger partial charge is 0.444 e. The lowest BCUT2D eigenvalue weighted by molar-refractivity contribution is -0.138. The first-order chi connectivity index (χ1) is 14.2. The van der Waals surface area contributed by atoms with Gasteiger partial charge in [0.1, 0.15) is 5.60 Å². The van der Waals surface area contributed by atoms with E-state index in [1.165, 1.54) is 5.56 Å². The predicted molar refractivity (Wildman–Crippen MR) is 117 cm³/mol. The van der Waals surface area contributed by atoms with Gasteiger partial charge in [-0.2, -0.15) is 0 Å². The standard InChI is InChI=1S/C24H37N3O3/c1-24(2,3)30-23(29)26(4)17-18-5-7-21(8-6-18)22(28)27-15-11-20(12-16-27)19-9-13-25-14-10-19/h9-10,13-14,18,20-21H,5-8,11-12,15-17H2,1-4H3/t18-,21-. The highest BCUT2D eigenvalue weighted by molar-refractivity contribution is 5.79. The van der Waals surface area contributed by atoms with Gasteiger partial charge < -0.3 is 14.5 Å². The Morgan fingerprint density at radius 2 is 1.67 bits per heavy atom. The van der Waals surface area contributed by atoms with Crippen molar-refractivity contribution in [3.05, 3.63) is 30.1 Å². The van der Waals surface area contributed by atoms with Gasteiger partial charge in [0.05, 0.1) is 0 Å². The number of nitrogens with zero attached hydrogens (tertiary/aromatic N) is 3. The van der Waals surface area contributed by atoms with Gasteiger partial charge in [-0.15, -0.1) is 0 Å². The van der Waals surface area contributed by atoms with E-state index in [0.29, 0.717) is 24.3 Å². The Bertz CT molecular complexity index is 700. The quantitative estimate of drug-likeness (QED) is 0.728. The molecule has 2 amide bonds. The average molecular weight is 416 g/mol. The molecular formula is C24H37N3O3. The summed E-state index contributed by atoms with van der Waals surface area (Å²) in [5.74, 6) is 1.47. The van der Waals surface area contributed by atoms with Crippen LogP contribution in [0.2, 0.25) is 0 Å². The van der Waals surface area contributed by atoms with Crippen molar-refractivity contribution >= 4 is 12.0 Å². The number of hydrogen-bond donors (Lipinski definition) is 0. The van der Waals surface area contributed by atoms with E-state index in [1.54, 1.807) is 11.9 Å². The molecule has 2 aliphatic rings. The highest BCUT2D eigenvalue weighted by atomic mass is 16.6. The second kappa shape index (κ2) is 9.80. The lowest BCUT2D eigenvalue weighted by atomic mass is 9.80. The Morgan fingerprint density at radius 3 is 2.23 bits per heavy atom. The average Bonchev–Trinajstić information content (AvgIpc) is 2.73. The van der Waals surface area contributed by atoms with E-state index in [1.807, 2.05) is 33.2 Å². The topological polar surface area (TPSA) is 62.7 Å². The normalized spacial score (nSPS) is 23.1. The van der Waals surface area contributed by atoms with Crippen LogP contribution in [0.25, 0.3) is 0 Å². The Labute approximate surface area is 181 Å². The summed E-state index contributed by atoms with van der Waals surface area (Å²) in [5, 5.41) is 0. The third-order valence-corrected chi connectivity index (χ3v) is 6.42. The minimum absolute atomic E-state index is 0.144. The fourth-order valence-electron chi connectivity index (χ4n) is 4.72. The van der Waals surface area contributed by atoms with Crippen molar-refractivity contribution in [3.8, 4) is 0 Å². The number of carbonyl (C=O) groups excluding carboxylic acids is 2. The summed E-state index contributed by atoms with van der Waals surface area (Å²) >= 11 is 0. The van der Waals surface area contributed by atoms with Crippen molar-refractivity contribution in [1.29, 1.82) is 0 Å². The van der Waals surface area contributed by atoms with E-state index >= 15 is 0 Å². The molecule has 1 aromatic heterocycles. The number of ether oxygens (including phenoxy) is 1. The first-order valence-corrected chi connectivity index (χ1v) is 11.4. The third kappa shape index (κ3) is 6.19. The summed E-state index contributed by atoms with van der Waals surface area (Å²) in [6.45, 7) is 8.06. The predicted octanol–water partition coefficient (Wildman–Crippen LogP) is 4.46. The molecule has 1 aromatic rings. The number of piperidine rings is 1. The second-order valence-electron chi connectivity index (χ2n) is 9.96. The zero-order valence-electron chi connectivity index (χ0n) is 19.0. The Hall–Kier alpha value is -2.11. The molecule has 0 N–H and O–H groups in total. The van der Waals surface area contributed by atoms with Crippen molar-refractivity contribution in [3.63, 3.8) is 0 Å². The molecule has 1 aliphatic heterocycles. The fourth-order valence-corrected chi connectivity index (χ4v) is 4.72. The molecule has 6 nitrogen and oxygen atoms in total. The number of carbonyl (C=O) groups is 2. The molecule has 1 aliphatic carbocycles. The molecule has 1 saturated heterocycles. The maximum absolute atomic E-state index is 13.0. The van der Waals surface area contributed by atoms with Gasteiger partial charge in [0.25, 0.3) is 0 Å². The molecule has 166 valence electrons. The maximum Gasteiger partial charge on any atom is 0.410 e. The van der Waals surface area contributed by atoms with Gasteiger partial charge in [-0.05, 0) is 88.8 Å². The van der Waals surface area contributed by atoms with Crippen LogP contribution in [0.5, 0.6) is 0 Å². The first kappa shape index (κ1) is 22.6. The molecule has 0 radical (unpaired) electrons. The van der Waals surface area contributed by atoms with Gasteiger partial charge in [0, 0.05) is 45.0 Å². The molecular weight excluding hydrogens is 378 g/mol. The molecule has 2 heterocycles. The lowest BCUT2D eigenvalue weighted by Gasteiger charge is -2.37. The summed E-state index contributed by atoms with van der Waals surface area (Å²) in [6.07, 6.45) is 9.35. The summed E-state index contributed by atoms with van der Waals surface area (Å²) in [4.78, 5) is 33.1. The highest BCUT2D eigenvalue weighted by Crippen LogP contribution is 2.33. The van der Waals surface area contributed by atoms with E-state index in [4.69, 9.17) is 4.74 Å². The molecule has 0 spiro atoms. The van der Waals surface area contributed by atoms with Gasteiger partial charge in [0.2, 0.25) is 5.91 Å². The van der Waals surface area contributed by atoms with Crippen molar-refractivity contribution in [2.75, 3.05) is 26.7 Å². The molecule has 30 heavy (non-hydrogen) atoms. The van der Waals surface area contributed by atoms with Crippen molar-refractivity contribution < 1.29 is 14.3 Å². The van der Waals surface area contributed by atoms with Crippen molar-refractivity contribution in [2.45, 2.75) is 70.8 Å². The van der Waals surface area contributed by atoms with Crippen molar-refractivity contribution in [2.24, 2.45) is 11.8 Å². The number of amides is 2. The minimum atomic E-state index is -0.472. The van der Waals surface area contributed by atoms with Crippen LogP contribution < -0.4 is 0 Å². The van der Waals surface area contributed by atoms with Gasteiger partial charge in [-0.1, -0.05) is 0 Å². The maximum atomic E-state index is 13.0. The number of rotatable bonds is 4. The van der Waals surface area contributed by atoms with Crippen LogP contribution in [-0.4, -0.2) is 59.1 Å². The number of aromatic nitrogens is 1. The molecule has 6 heteroatoms. The van der Waals surface area contributed by atoms with Crippen LogP contribution in [0.4, 0.5) is 4.79 Å². The van der Waals surface area contributed by atoms with Crippen LogP contribution >= 0.6 is 0 Å². The lowest BCUT2D eigenvalue weighted by Crippen LogP contribution is -2.43. The van der Waals surface area contributed by atoms with Gasteiger partial charge >= 0.3 is 6.09 Å². The molecule has 0 bridgehead atoms. The Balaban J connectivity index is 1.41. The highest BCUT2D eigenvalue weighted by Gasteiger charge is 2.32. The van der Waals surface area contributed by atoms with E-state index in [9.17, 15) is 9.59 Å². The molecule has 0 aromatic carbocycles. The van der Waals surface area contributed by atoms with E-state index in [2.05, 4.69) is 22.0 Å². The Kier molecular flexibility index (Phi) is 7.37.